The van der Waals surface area contributed by atoms with Gasteiger partial charge in [-0.25, -0.2) is 9.55 Å². The largest absolute Gasteiger partial charge is 0.274 e. The van der Waals surface area contributed by atoms with Crippen molar-refractivity contribution in [2.75, 3.05) is 0 Å². The van der Waals surface area contributed by atoms with Crippen LogP contribution in [0.15, 0.2) is 60.9 Å². The number of nitrogens with zero attached hydrogens (tertiary/aromatic N) is 3. The van der Waals surface area contributed by atoms with Gasteiger partial charge in [0.15, 0.2) is 5.52 Å². The third-order valence-electron chi connectivity index (χ3n) is 6.58. The van der Waals surface area contributed by atoms with Crippen LogP contribution >= 0.6 is 0 Å². The summed E-state index contributed by atoms with van der Waals surface area (Å²) in [6.07, 6.45) is 2.19. The topological polar surface area (TPSA) is 21.7 Å². The minimum atomic E-state index is 0.355. The molecule has 3 nitrogen and oxygen atoms in total. The van der Waals surface area contributed by atoms with Gasteiger partial charge in [0.05, 0.1) is 11.7 Å². The summed E-state index contributed by atoms with van der Waals surface area (Å²) in [5.74, 6) is 1.36. The average molecular weight is 441 g/mol. The molecule has 0 unspecified atom stereocenters. The lowest BCUT2D eigenvalue weighted by atomic mass is 9.83. The smallest absolute Gasteiger partial charge is 0.226 e. The summed E-state index contributed by atoms with van der Waals surface area (Å²) in [5, 5.41) is 0. The highest BCUT2D eigenvalue weighted by Gasteiger charge is 2.24. The van der Waals surface area contributed by atoms with Crippen molar-refractivity contribution in [2.24, 2.45) is 0 Å². The number of para-hydroxylation sites is 1. The lowest BCUT2D eigenvalue weighted by Crippen LogP contribution is -2.34. The van der Waals surface area contributed by atoms with Crippen molar-refractivity contribution in [1.82, 2.24) is 9.55 Å². The molecule has 0 aliphatic carbocycles. The molecule has 0 saturated carbocycles. The van der Waals surface area contributed by atoms with Crippen LogP contribution in [0.5, 0.6) is 0 Å². The van der Waals surface area contributed by atoms with E-state index in [1.807, 2.05) is 0 Å². The highest BCUT2D eigenvalue weighted by atomic mass is 15.2. The predicted octanol–water partition coefficient (Wildman–Crippen LogP) is 7.93. The van der Waals surface area contributed by atoms with Gasteiger partial charge in [-0.1, -0.05) is 71.9 Å². The van der Waals surface area contributed by atoms with E-state index in [2.05, 4.69) is 125 Å². The molecule has 2 heterocycles. The molecular weight excluding hydrogens is 402 g/mol. The molecule has 0 saturated heterocycles. The maximum Gasteiger partial charge on any atom is 0.274 e. The van der Waals surface area contributed by atoms with Crippen LogP contribution in [-0.2, 0) is 0 Å². The molecule has 0 aliphatic heterocycles. The zero-order chi connectivity index (χ0) is 23.9. The van der Waals surface area contributed by atoms with E-state index < -0.39 is 0 Å². The number of rotatable bonds is 6. The Morgan fingerprint density at radius 3 is 1.85 bits per heavy atom. The van der Waals surface area contributed by atoms with E-state index in [1.165, 1.54) is 22.3 Å². The molecule has 3 heteroatoms. The number of fused-ring (bicyclic) bond motifs is 1. The third kappa shape index (κ3) is 4.34. The lowest BCUT2D eigenvalue weighted by Gasteiger charge is -2.22. The van der Waals surface area contributed by atoms with Crippen LogP contribution in [0.25, 0.3) is 28.1 Å². The monoisotopic (exact) mass is 440 g/mol. The second-order valence-corrected chi connectivity index (χ2v) is 10.4. The Hall–Kier alpha value is -2.94. The summed E-state index contributed by atoms with van der Waals surface area (Å²) in [6, 6.07) is 20.2. The van der Waals surface area contributed by atoms with Crippen molar-refractivity contribution in [1.29, 1.82) is 0 Å². The minimum Gasteiger partial charge on any atom is -0.226 e. The Morgan fingerprint density at radius 1 is 0.727 bits per heavy atom. The maximum atomic E-state index is 5.33. The van der Waals surface area contributed by atoms with Gasteiger partial charge in [-0.15, -0.1) is 0 Å². The van der Waals surface area contributed by atoms with E-state index in [0.717, 1.165) is 22.5 Å². The second kappa shape index (κ2) is 9.13. The maximum absolute atomic E-state index is 5.33. The van der Waals surface area contributed by atoms with E-state index >= 15 is 0 Å². The minimum absolute atomic E-state index is 0.355. The molecule has 172 valence electrons. The van der Waals surface area contributed by atoms with Gasteiger partial charge >= 0.3 is 0 Å². The van der Waals surface area contributed by atoms with E-state index in [9.17, 15) is 0 Å². The van der Waals surface area contributed by atoms with E-state index in [-0.39, 0.29) is 0 Å². The summed E-state index contributed by atoms with van der Waals surface area (Å²) >= 11 is 0. The Bertz CT molecular complexity index is 1230. The fourth-order valence-electron chi connectivity index (χ4n) is 4.64. The Balaban J connectivity index is 2.03. The SMILES string of the molecule is CC(C)c1cc(C(C)C)c(-c2ccc3c(n2)n(-c2ccccc2)c[n+]3C(C)C)c(C(C)C)c1. The molecule has 33 heavy (non-hydrogen) atoms. The molecule has 0 radical (unpaired) electrons. The Morgan fingerprint density at radius 2 is 1.33 bits per heavy atom. The van der Waals surface area contributed by atoms with Crippen LogP contribution in [0.4, 0.5) is 0 Å². The zero-order valence-electron chi connectivity index (χ0n) is 21.4. The average Bonchev–Trinajstić information content (AvgIpc) is 3.17. The highest BCUT2D eigenvalue weighted by molar-refractivity contribution is 5.78. The summed E-state index contributed by atoms with van der Waals surface area (Å²) < 4.78 is 4.54. The van der Waals surface area contributed by atoms with Crippen LogP contribution in [-0.4, -0.2) is 9.55 Å². The zero-order valence-corrected chi connectivity index (χ0v) is 21.4. The summed E-state index contributed by atoms with van der Waals surface area (Å²) in [7, 11) is 0. The molecule has 4 aromatic rings. The predicted molar refractivity (Wildman–Crippen MR) is 139 cm³/mol. The van der Waals surface area contributed by atoms with Crippen LogP contribution in [0.3, 0.4) is 0 Å². The van der Waals surface area contributed by atoms with Crippen molar-refractivity contribution in [3.8, 4) is 16.9 Å². The van der Waals surface area contributed by atoms with Gasteiger partial charge in [-0.05, 0) is 72.6 Å². The number of benzene rings is 2. The molecule has 0 N–H and O–H groups in total. The first kappa shape index (κ1) is 23.2. The first-order chi connectivity index (χ1) is 15.7. The quantitative estimate of drug-likeness (QED) is 0.279. The molecule has 2 aromatic carbocycles. The Labute approximate surface area is 199 Å². The molecule has 2 aromatic heterocycles. The number of imidazole rings is 1. The molecular formula is C30H38N3+. The van der Waals surface area contributed by atoms with Crippen molar-refractivity contribution < 1.29 is 4.57 Å². The van der Waals surface area contributed by atoms with Crippen LogP contribution in [0, 0.1) is 0 Å². The summed E-state index contributed by atoms with van der Waals surface area (Å²) in [5.41, 5.74) is 9.88. The van der Waals surface area contributed by atoms with Gasteiger partial charge in [0.2, 0.25) is 0 Å². The molecule has 0 spiro atoms. The molecule has 0 bridgehead atoms. The molecule has 0 amide bonds. The summed E-state index contributed by atoms with van der Waals surface area (Å²) in [6.45, 7) is 18.2. The van der Waals surface area contributed by atoms with Crippen LogP contribution < -0.4 is 4.57 Å². The van der Waals surface area contributed by atoms with Gasteiger partial charge in [0.1, 0.15) is 5.69 Å². The van der Waals surface area contributed by atoms with Gasteiger partial charge in [-0.3, -0.25) is 0 Å². The second-order valence-electron chi connectivity index (χ2n) is 10.4. The van der Waals surface area contributed by atoms with Gasteiger partial charge in [0.25, 0.3) is 12.0 Å². The standard InChI is InChI=1S/C30H38N3/c1-19(2)23-16-25(20(3)4)29(26(17-23)21(5)6)27-14-15-28-30(31-27)33(18-32(28)22(7)8)24-12-10-9-11-13-24/h9-22H,1-8H3/q+1. The number of pyridine rings is 1. The van der Waals surface area contributed by atoms with E-state index in [1.54, 1.807) is 0 Å². The van der Waals surface area contributed by atoms with Crippen molar-refractivity contribution in [3.63, 3.8) is 0 Å². The summed E-state index contributed by atoms with van der Waals surface area (Å²) in [4.78, 5) is 5.33. The lowest BCUT2D eigenvalue weighted by molar-refractivity contribution is -0.691. The van der Waals surface area contributed by atoms with Crippen molar-refractivity contribution in [3.05, 3.63) is 77.6 Å². The molecule has 0 atom stereocenters. The van der Waals surface area contributed by atoms with Crippen LogP contribution in [0.1, 0.15) is 95.9 Å². The highest BCUT2D eigenvalue weighted by Crippen LogP contribution is 2.38. The fraction of sp³-hybridized carbons (Fsp3) is 0.400. The molecule has 4 rings (SSSR count). The van der Waals surface area contributed by atoms with Crippen LogP contribution in [0.2, 0.25) is 0 Å². The molecule has 0 aliphatic rings. The van der Waals surface area contributed by atoms with Gasteiger partial charge in [-0.2, -0.15) is 4.57 Å². The first-order valence-electron chi connectivity index (χ1n) is 12.4. The normalized spacial score (nSPS) is 12.1. The molecule has 0 fully saturated rings. The number of aromatic nitrogens is 3. The first-order valence-corrected chi connectivity index (χ1v) is 12.4. The van der Waals surface area contributed by atoms with Crippen molar-refractivity contribution >= 4 is 11.2 Å². The third-order valence-corrected chi connectivity index (χ3v) is 6.58. The van der Waals surface area contributed by atoms with Gasteiger partial charge < -0.3 is 0 Å². The van der Waals surface area contributed by atoms with Gasteiger partial charge in [0, 0.05) is 5.56 Å². The number of hydrogen-bond acceptors (Lipinski definition) is 1. The number of hydrogen-bond donors (Lipinski definition) is 0. The van der Waals surface area contributed by atoms with E-state index in [4.69, 9.17) is 4.98 Å². The fourth-order valence-corrected chi connectivity index (χ4v) is 4.64. The van der Waals surface area contributed by atoms with E-state index in [0.29, 0.717) is 23.8 Å². The Kier molecular flexibility index (Phi) is 6.43. The van der Waals surface area contributed by atoms with Crippen molar-refractivity contribution in [2.45, 2.75) is 79.2 Å².